The van der Waals surface area contributed by atoms with Gasteiger partial charge in [0.25, 0.3) is 5.91 Å². The Hall–Kier alpha value is -1.53. The molecule has 1 aromatic carbocycles. The number of nitrogens with one attached hydrogen (secondary N) is 1. The third kappa shape index (κ3) is 3.70. The van der Waals surface area contributed by atoms with Crippen LogP contribution < -0.4 is 5.32 Å². The van der Waals surface area contributed by atoms with E-state index in [0.29, 0.717) is 19.5 Å². The number of hydrogen-bond acceptors (Lipinski definition) is 3. The van der Waals surface area contributed by atoms with Crippen molar-refractivity contribution in [3.05, 3.63) is 35.4 Å². The Morgan fingerprint density at radius 1 is 1.28 bits per heavy atom. The fourth-order valence-corrected chi connectivity index (χ4v) is 3.97. The Morgan fingerprint density at radius 3 is 2.68 bits per heavy atom. The predicted octanol–water partition coefficient (Wildman–Crippen LogP) is 2.66. The number of aryl methyl sites for hydroxylation is 1. The van der Waals surface area contributed by atoms with Gasteiger partial charge in [-0.1, -0.05) is 0 Å². The molecule has 2 aliphatic rings. The number of hydrogen-bond donors (Lipinski definition) is 1. The Balaban J connectivity index is 1.81. The van der Waals surface area contributed by atoms with E-state index < -0.39 is 17.2 Å². The molecule has 1 amide bonds. The van der Waals surface area contributed by atoms with Gasteiger partial charge in [0.1, 0.15) is 17.2 Å². The lowest BCUT2D eigenvalue weighted by Gasteiger charge is -2.52. The summed E-state index contributed by atoms with van der Waals surface area (Å²) in [6.45, 7) is 6.71. The molecule has 0 aromatic heterocycles. The van der Waals surface area contributed by atoms with Gasteiger partial charge in [0.05, 0.1) is 5.60 Å². The van der Waals surface area contributed by atoms with Crippen LogP contribution in [-0.4, -0.2) is 48.2 Å². The zero-order chi connectivity index (χ0) is 18.1. The van der Waals surface area contributed by atoms with Crippen LogP contribution in [-0.2, 0) is 16.0 Å². The van der Waals surface area contributed by atoms with E-state index in [9.17, 15) is 13.6 Å². The lowest BCUT2D eigenvalue weighted by Crippen LogP contribution is -2.66. The van der Waals surface area contributed by atoms with E-state index in [0.717, 1.165) is 38.1 Å². The number of morpholine rings is 1. The lowest BCUT2D eigenvalue weighted by molar-refractivity contribution is -0.218. The molecule has 1 aromatic rings. The van der Waals surface area contributed by atoms with Gasteiger partial charge in [0.15, 0.2) is 0 Å². The van der Waals surface area contributed by atoms with Crippen molar-refractivity contribution < 1.29 is 18.3 Å². The maximum Gasteiger partial charge on any atom is 0.254 e. The van der Waals surface area contributed by atoms with Crippen molar-refractivity contribution in [2.75, 3.05) is 26.2 Å². The Labute approximate surface area is 147 Å². The highest BCUT2D eigenvalue weighted by atomic mass is 19.1. The molecule has 1 unspecified atom stereocenters. The number of rotatable bonds is 4. The predicted molar refractivity (Wildman–Crippen MR) is 91.3 cm³/mol. The second-order valence-corrected chi connectivity index (χ2v) is 7.32. The molecule has 3 rings (SSSR count). The minimum atomic E-state index is -1.01. The zero-order valence-electron chi connectivity index (χ0n) is 14.9. The molecule has 4 nitrogen and oxygen atoms in total. The van der Waals surface area contributed by atoms with Crippen LogP contribution in [0.2, 0.25) is 0 Å². The van der Waals surface area contributed by atoms with Crippen molar-refractivity contribution in [2.45, 2.75) is 50.7 Å². The molecule has 6 heteroatoms. The first kappa shape index (κ1) is 18.3. The van der Waals surface area contributed by atoms with E-state index in [1.165, 1.54) is 6.07 Å². The van der Waals surface area contributed by atoms with E-state index in [-0.39, 0.29) is 23.5 Å². The molecule has 2 aliphatic heterocycles. The second-order valence-electron chi connectivity index (χ2n) is 7.32. The number of piperidine rings is 1. The molecule has 0 radical (unpaired) electrons. The highest BCUT2D eigenvalue weighted by Gasteiger charge is 2.51. The fraction of sp³-hybridized carbons (Fsp3) is 0.632. The summed E-state index contributed by atoms with van der Waals surface area (Å²) < 4.78 is 33.7. The number of ether oxygens (including phenoxy) is 1. The van der Waals surface area contributed by atoms with Crippen LogP contribution in [0, 0.1) is 11.6 Å². The summed E-state index contributed by atoms with van der Waals surface area (Å²) in [5, 5.41) is 3.32. The van der Waals surface area contributed by atoms with Crippen molar-refractivity contribution in [1.82, 2.24) is 10.2 Å². The molecule has 1 N–H and O–H groups in total. The van der Waals surface area contributed by atoms with Crippen molar-refractivity contribution in [3.8, 4) is 0 Å². The highest BCUT2D eigenvalue weighted by molar-refractivity contribution is 5.85. The van der Waals surface area contributed by atoms with Gasteiger partial charge >= 0.3 is 0 Å². The summed E-state index contributed by atoms with van der Waals surface area (Å²) in [5.74, 6) is -0.976. The maximum absolute atomic E-state index is 13.9. The normalized spacial score (nSPS) is 26.2. The number of benzene rings is 1. The largest absolute Gasteiger partial charge is 0.357 e. The number of halogens is 2. The number of carbonyl (C=O) groups excluding carboxylic acids is 1. The summed E-state index contributed by atoms with van der Waals surface area (Å²) in [6, 6.07) is 3.43. The van der Waals surface area contributed by atoms with Crippen LogP contribution >= 0.6 is 0 Å². The van der Waals surface area contributed by atoms with Gasteiger partial charge in [0.2, 0.25) is 0 Å². The first-order chi connectivity index (χ1) is 11.9. The number of nitrogens with zero attached hydrogens (tertiary/aromatic N) is 1. The van der Waals surface area contributed by atoms with Gasteiger partial charge in [-0.25, -0.2) is 8.78 Å². The smallest absolute Gasteiger partial charge is 0.254 e. The summed E-state index contributed by atoms with van der Waals surface area (Å²) >= 11 is 0. The molecule has 0 aliphatic carbocycles. The molecule has 0 saturated carbocycles. The summed E-state index contributed by atoms with van der Waals surface area (Å²) in [7, 11) is 0. The molecule has 2 heterocycles. The van der Waals surface area contributed by atoms with Gasteiger partial charge < -0.3 is 15.0 Å². The molecule has 2 saturated heterocycles. The maximum atomic E-state index is 13.9. The molecule has 1 spiro atoms. The molecular weight excluding hydrogens is 326 g/mol. The first-order valence-electron chi connectivity index (χ1n) is 9.02. The molecule has 2 fully saturated rings. The van der Waals surface area contributed by atoms with E-state index in [1.807, 2.05) is 11.8 Å². The van der Waals surface area contributed by atoms with Crippen LogP contribution in [0.1, 0.15) is 38.7 Å². The highest BCUT2D eigenvalue weighted by Crippen LogP contribution is 2.38. The second kappa shape index (κ2) is 7.00. The minimum absolute atomic E-state index is 0.0593. The van der Waals surface area contributed by atoms with Gasteiger partial charge in [-0.05, 0) is 76.4 Å². The number of likely N-dealkylation sites (N-methyl/N-ethyl adjacent to an activating group) is 1. The first-order valence-corrected chi connectivity index (χ1v) is 9.02. The van der Waals surface area contributed by atoms with Gasteiger partial charge in [0, 0.05) is 13.1 Å². The number of carbonyl (C=O) groups is 1. The molecule has 138 valence electrons. The fourth-order valence-electron chi connectivity index (χ4n) is 3.97. The van der Waals surface area contributed by atoms with E-state index in [2.05, 4.69) is 5.32 Å². The van der Waals surface area contributed by atoms with Crippen LogP contribution in [0.5, 0.6) is 0 Å². The van der Waals surface area contributed by atoms with Crippen molar-refractivity contribution in [2.24, 2.45) is 0 Å². The van der Waals surface area contributed by atoms with Crippen molar-refractivity contribution in [1.29, 1.82) is 0 Å². The summed E-state index contributed by atoms with van der Waals surface area (Å²) in [5.41, 5.74) is -1.07. The average molecular weight is 352 g/mol. The van der Waals surface area contributed by atoms with E-state index >= 15 is 0 Å². The molecule has 25 heavy (non-hydrogen) atoms. The van der Waals surface area contributed by atoms with Gasteiger partial charge in [-0.3, -0.25) is 4.79 Å². The average Bonchev–Trinajstić information content (AvgIpc) is 2.60. The SMILES string of the molecule is CCN1CC2(CCNCC2)OC(C)(CCc2cc(F)ccc2F)C1=O. The molecule has 0 bridgehead atoms. The van der Waals surface area contributed by atoms with Crippen molar-refractivity contribution >= 4 is 5.91 Å². The van der Waals surface area contributed by atoms with Crippen LogP contribution in [0.4, 0.5) is 8.78 Å². The summed E-state index contributed by atoms with van der Waals surface area (Å²) in [4.78, 5) is 14.7. The molecule has 1 atom stereocenters. The topological polar surface area (TPSA) is 41.6 Å². The quantitative estimate of drug-likeness (QED) is 0.906. The van der Waals surface area contributed by atoms with E-state index in [4.69, 9.17) is 4.74 Å². The number of amides is 1. The Kier molecular flexibility index (Phi) is 5.11. The Morgan fingerprint density at radius 2 is 2.00 bits per heavy atom. The van der Waals surface area contributed by atoms with Gasteiger partial charge in [-0.2, -0.15) is 0 Å². The minimum Gasteiger partial charge on any atom is -0.357 e. The Bertz CT molecular complexity index is 646. The van der Waals surface area contributed by atoms with Crippen LogP contribution in [0.25, 0.3) is 0 Å². The van der Waals surface area contributed by atoms with Gasteiger partial charge in [-0.15, -0.1) is 0 Å². The lowest BCUT2D eigenvalue weighted by atomic mass is 9.84. The van der Waals surface area contributed by atoms with E-state index in [1.54, 1.807) is 6.92 Å². The third-order valence-corrected chi connectivity index (χ3v) is 5.44. The zero-order valence-corrected chi connectivity index (χ0v) is 14.9. The third-order valence-electron chi connectivity index (χ3n) is 5.44. The van der Waals surface area contributed by atoms with Crippen LogP contribution in [0.15, 0.2) is 18.2 Å². The molecular formula is C19H26F2N2O2. The van der Waals surface area contributed by atoms with Crippen LogP contribution in [0.3, 0.4) is 0 Å². The standard InChI is InChI=1S/C19H26F2N2O2/c1-3-23-13-19(8-10-22-11-9-19)25-18(2,17(23)24)7-6-14-12-15(20)4-5-16(14)21/h4-5,12,22H,3,6-11,13H2,1-2H3. The monoisotopic (exact) mass is 352 g/mol. The van der Waals surface area contributed by atoms with Crippen molar-refractivity contribution in [3.63, 3.8) is 0 Å². The summed E-state index contributed by atoms with van der Waals surface area (Å²) in [6.07, 6.45) is 2.29.